The Kier molecular flexibility index (Phi) is 5.78. The van der Waals surface area contributed by atoms with Crippen LogP contribution in [0.5, 0.6) is 17.2 Å². The molecule has 0 saturated carbocycles. The van der Waals surface area contributed by atoms with Crippen LogP contribution in [0.25, 0.3) is 0 Å². The maximum atomic E-state index is 10.2. The molecule has 2 heterocycles. The SMILES string of the molecule is CCn1cc(O[C@@H]2CN(CCOc3cccc(OC)c3)C[C@H]2O)cn1. The van der Waals surface area contributed by atoms with Crippen molar-refractivity contribution in [3.63, 3.8) is 0 Å². The average molecular weight is 347 g/mol. The molecule has 0 radical (unpaired) electrons. The van der Waals surface area contributed by atoms with Gasteiger partial charge in [-0.25, -0.2) is 0 Å². The lowest BCUT2D eigenvalue weighted by atomic mass is 10.3. The van der Waals surface area contributed by atoms with Crippen molar-refractivity contribution in [2.45, 2.75) is 25.7 Å². The fourth-order valence-corrected chi connectivity index (χ4v) is 2.87. The predicted octanol–water partition coefficient (Wildman–Crippen LogP) is 1.41. The molecule has 2 atom stereocenters. The Balaban J connectivity index is 1.45. The molecular weight excluding hydrogens is 322 g/mol. The molecule has 7 heteroatoms. The third kappa shape index (κ3) is 4.64. The first kappa shape index (κ1) is 17.6. The molecule has 1 saturated heterocycles. The van der Waals surface area contributed by atoms with Crippen LogP contribution in [0.4, 0.5) is 0 Å². The van der Waals surface area contributed by atoms with Gasteiger partial charge in [0.25, 0.3) is 0 Å². The van der Waals surface area contributed by atoms with Gasteiger partial charge < -0.3 is 19.3 Å². The fraction of sp³-hybridized carbons (Fsp3) is 0.500. The molecule has 3 rings (SSSR count). The van der Waals surface area contributed by atoms with E-state index in [0.29, 0.717) is 25.4 Å². The number of aryl methyl sites for hydroxylation is 1. The lowest BCUT2D eigenvalue weighted by Gasteiger charge is -2.16. The van der Waals surface area contributed by atoms with Gasteiger partial charge >= 0.3 is 0 Å². The summed E-state index contributed by atoms with van der Waals surface area (Å²) < 4.78 is 18.6. The van der Waals surface area contributed by atoms with Crippen LogP contribution in [0.2, 0.25) is 0 Å². The zero-order valence-corrected chi connectivity index (χ0v) is 14.7. The number of ether oxygens (including phenoxy) is 3. The van der Waals surface area contributed by atoms with Crippen LogP contribution in [-0.2, 0) is 6.54 Å². The van der Waals surface area contributed by atoms with E-state index in [-0.39, 0.29) is 6.10 Å². The van der Waals surface area contributed by atoms with E-state index in [1.807, 2.05) is 37.4 Å². The smallest absolute Gasteiger partial charge is 0.157 e. The van der Waals surface area contributed by atoms with E-state index in [9.17, 15) is 5.11 Å². The molecule has 1 aromatic carbocycles. The number of likely N-dealkylation sites (tertiary alicyclic amines) is 1. The van der Waals surface area contributed by atoms with Crippen LogP contribution in [-0.4, -0.2) is 65.3 Å². The highest BCUT2D eigenvalue weighted by Crippen LogP contribution is 2.20. The Morgan fingerprint density at radius 1 is 1.24 bits per heavy atom. The number of aliphatic hydroxyl groups excluding tert-OH is 1. The molecule has 1 aromatic heterocycles. The van der Waals surface area contributed by atoms with E-state index in [1.165, 1.54) is 0 Å². The number of β-amino-alcohol motifs (C(OH)–C–C–N with tert-alkyl or cyclic N) is 1. The third-order valence-electron chi connectivity index (χ3n) is 4.25. The molecule has 2 aromatic rings. The molecular formula is C18H25N3O4. The van der Waals surface area contributed by atoms with Gasteiger partial charge in [-0.2, -0.15) is 5.10 Å². The first-order valence-corrected chi connectivity index (χ1v) is 8.54. The van der Waals surface area contributed by atoms with Gasteiger partial charge in [0.15, 0.2) is 5.75 Å². The summed E-state index contributed by atoms with van der Waals surface area (Å²) in [7, 11) is 1.63. The zero-order valence-electron chi connectivity index (χ0n) is 14.7. The summed E-state index contributed by atoms with van der Waals surface area (Å²) in [5, 5.41) is 14.4. The van der Waals surface area contributed by atoms with Gasteiger partial charge in [0.05, 0.1) is 19.5 Å². The summed E-state index contributed by atoms with van der Waals surface area (Å²) in [6.07, 6.45) is 2.78. The second kappa shape index (κ2) is 8.22. The fourth-order valence-electron chi connectivity index (χ4n) is 2.87. The van der Waals surface area contributed by atoms with E-state index in [1.54, 1.807) is 18.0 Å². The van der Waals surface area contributed by atoms with Crippen molar-refractivity contribution >= 4 is 0 Å². The van der Waals surface area contributed by atoms with Gasteiger partial charge in [-0.15, -0.1) is 0 Å². The van der Waals surface area contributed by atoms with Gasteiger partial charge in [-0.05, 0) is 19.1 Å². The van der Waals surface area contributed by atoms with Gasteiger partial charge in [0, 0.05) is 32.2 Å². The van der Waals surface area contributed by atoms with Gasteiger partial charge in [0.2, 0.25) is 0 Å². The molecule has 7 nitrogen and oxygen atoms in total. The lowest BCUT2D eigenvalue weighted by Crippen LogP contribution is -2.30. The normalized spacial score (nSPS) is 20.6. The second-order valence-corrected chi connectivity index (χ2v) is 6.04. The van der Waals surface area contributed by atoms with Gasteiger partial charge in [0.1, 0.15) is 30.3 Å². The first-order chi connectivity index (χ1) is 12.2. The maximum Gasteiger partial charge on any atom is 0.157 e. The Bertz CT molecular complexity index is 676. The molecule has 25 heavy (non-hydrogen) atoms. The molecule has 136 valence electrons. The van der Waals surface area contributed by atoms with Gasteiger partial charge in [-0.1, -0.05) is 6.07 Å². The molecule has 0 spiro atoms. The Morgan fingerprint density at radius 3 is 2.84 bits per heavy atom. The standard InChI is InChI=1S/C18H25N3O4/c1-3-21-11-16(10-19-21)25-18-13-20(12-17(18)22)7-8-24-15-6-4-5-14(9-15)23-2/h4-6,9-11,17-18,22H,3,7-8,12-13H2,1-2H3/t17-,18-/m1/s1. The molecule has 0 amide bonds. The predicted molar refractivity (Wildman–Crippen MR) is 93.3 cm³/mol. The number of rotatable bonds is 8. The number of aliphatic hydroxyl groups is 1. The minimum Gasteiger partial charge on any atom is -0.497 e. The van der Waals surface area contributed by atoms with Crippen molar-refractivity contribution in [2.75, 3.05) is 33.4 Å². The highest BCUT2D eigenvalue weighted by Gasteiger charge is 2.33. The molecule has 1 N–H and O–H groups in total. The van der Waals surface area contributed by atoms with Crippen LogP contribution < -0.4 is 14.2 Å². The maximum absolute atomic E-state index is 10.2. The van der Waals surface area contributed by atoms with Crippen LogP contribution >= 0.6 is 0 Å². The van der Waals surface area contributed by atoms with Crippen molar-refractivity contribution in [2.24, 2.45) is 0 Å². The van der Waals surface area contributed by atoms with Crippen LogP contribution in [0.15, 0.2) is 36.7 Å². The summed E-state index contributed by atoms with van der Waals surface area (Å²) in [6, 6.07) is 7.54. The van der Waals surface area contributed by atoms with Crippen LogP contribution in [0.3, 0.4) is 0 Å². The van der Waals surface area contributed by atoms with E-state index < -0.39 is 6.10 Å². The summed E-state index contributed by atoms with van der Waals surface area (Å²) in [6.45, 7) is 5.33. The number of nitrogens with zero attached hydrogens (tertiary/aromatic N) is 3. The number of aromatic nitrogens is 2. The highest BCUT2D eigenvalue weighted by molar-refractivity contribution is 5.32. The van der Waals surface area contributed by atoms with E-state index >= 15 is 0 Å². The Morgan fingerprint density at radius 2 is 2.08 bits per heavy atom. The minimum atomic E-state index is -0.512. The third-order valence-corrected chi connectivity index (χ3v) is 4.25. The number of methoxy groups -OCH3 is 1. The minimum absolute atomic E-state index is 0.244. The molecule has 0 unspecified atom stereocenters. The molecule has 1 aliphatic rings. The molecule has 0 bridgehead atoms. The summed E-state index contributed by atoms with van der Waals surface area (Å²) in [5.41, 5.74) is 0. The number of benzene rings is 1. The number of hydrogen-bond donors (Lipinski definition) is 1. The summed E-state index contributed by atoms with van der Waals surface area (Å²) in [4.78, 5) is 2.14. The van der Waals surface area contributed by atoms with Crippen molar-refractivity contribution in [1.29, 1.82) is 0 Å². The van der Waals surface area contributed by atoms with Crippen molar-refractivity contribution in [1.82, 2.24) is 14.7 Å². The van der Waals surface area contributed by atoms with Crippen molar-refractivity contribution in [3.05, 3.63) is 36.7 Å². The highest BCUT2D eigenvalue weighted by atomic mass is 16.5. The monoisotopic (exact) mass is 347 g/mol. The lowest BCUT2D eigenvalue weighted by molar-refractivity contribution is 0.0736. The van der Waals surface area contributed by atoms with E-state index in [2.05, 4.69) is 10.00 Å². The summed E-state index contributed by atoms with van der Waals surface area (Å²) in [5.74, 6) is 2.24. The molecule has 0 aliphatic carbocycles. The average Bonchev–Trinajstić information content (AvgIpc) is 3.22. The number of hydrogen-bond acceptors (Lipinski definition) is 6. The van der Waals surface area contributed by atoms with Crippen molar-refractivity contribution < 1.29 is 19.3 Å². The Hall–Kier alpha value is -2.25. The van der Waals surface area contributed by atoms with Crippen LogP contribution in [0.1, 0.15) is 6.92 Å². The molecule has 1 aliphatic heterocycles. The second-order valence-electron chi connectivity index (χ2n) is 6.04. The Labute approximate surface area is 147 Å². The van der Waals surface area contributed by atoms with E-state index in [4.69, 9.17) is 14.2 Å². The molecule has 1 fully saturated rings. The topological polar surface area (TPSA) is 69.0 Å². The quantitative estimate of drug-likeness (QED) is 0.779. The van der Waals surface area contributed by atoms with E-state index in [0.717, 1.165) is 24.6 Å². The van der Waals surface area contributed by atoms with Gasteiger partial charge in [-0.3, -0.25) is 9.58 Å². The first-order valence-electron chi connectivity index (χ1n) is 8.54. The zero-order chi connectivity index (χ0) is 17.6. The van der Waals surface area contributed by atoms with Crippen LogP contribution in [0, 0.1) is 0 Å². The largest absolute Gasteiger partial charge is 0.497 e. The summed E-state index contributed by atoms with van der Waals surface area (Å²) >= 11 is 0. The van der Waals surface area contributed by atoms with Crippen molar-refractivity contribution in [3.8, 4) is 17.2 Å².